The van der Waals surface area contributed by atoms with Crippen LogP contribution in [0.4, 0.5) is 5.69 Å². The average molecular weight is 444 g/mol. The van der Waals surface area contributed by atoms with Gasteiger partial charge in [0.25, 0.3) is 5.56 Å². The molecule has 8 heteroatoms. The zero-order chi connectivity index (χ0) is 21.8. The van der Waals surface area contributed by atoms with Crippen LogP contribution in [0.15, 0.2) is 35.3 Å². The van der Waals surface area contributed by atoms with Gasteiger partial charge in [0.1, 0.15) is 10.8 Å². The van der Waals surface area contributed by atoms with Crippen LogP contribution in [-0.4, -0.2) is 28.0 Å². The number of carboxylic acids is 1. The first-order chi connectivity index (χ1) is 14.9. The van der Waals surface area contributed by atoms with Crippen molar-refractivity contribution in [1.29, 1.82) is 0 Å². The number of para-hydroxylation sites is 1. The van der Waals surface area contributed by atoms with Gasteiger partial charge in [-0.05, 0) is 55.9 Å². The minimum Gasteiger partial charge on any atom is -0.496 e. The lowest BCUT2D eigenvalue weighted by Crippen LogP contribution is -2.63. The molecule has 4 aliphatic rings. The van der Waals surface area contributed by atoms with Crippen LogP contribution in [0.5, 0.6) is 5.75 Å². The number of aliphatic carboxylic acids is 1. The molecule has 7 nitrogen and oxygen atoms in total. The smallest absolute Gasteiger partial charge is 0.309 e. The van der Waals surface area contributed by atoms with Crippen LogP contribution in [0.2, 0.25) is 5.02 Å². The lowest BCUT2D eigenvalue weighted by atomic mass is 9.48. The van der Waals surface area contributed by atoms with Crippen molar-refractivity contribution in [3.63, 3.8) is 0 Å². The van der Waals surface area contributed by atoms with Crippen LogP contribution < -0.4 is 15.6 Å². The van der Waals surface area contributed by atoms with Crippen LogP contribution in [-0.2, 0) is 16.9 Å². The number of nitrogens with zero attached hydrogens (tertiary/aromatic N) is 2. The zero-order valence-electron chi connectivity index (χ0n) is 17.4. The van der Waals surface area contributed by atoms with Crippen LogP contribution in [0.3, 0.4) is 0 Å². The summed E-state index contributed by atoms with van der Waals surface area (Å²) in [4.78, 5) is 25.6. The minimum atomic E-state index is -0.827. The third-order valence-corrected chi connectivity index (χ3v) is 7.91. The van der Waals surface area contributed by atoms with Gasteiger partial charge in [-0.3, -0.25) is 9.59 Å². The van der Waals surface area contributed by atoms with E-state index in [1.807, 2.05) is 24.3 Å². The summed E-state index contributed by atoms with van der Waals surface area (Å²) in [5.41, 5.74) is 0.172. The van der Waals surface area contributed by atoms with E-state index >= 15 is 0 Å². The maximum absolute atomic E-state index is 13.3. The first-order valence-corrected chi connectivity index (χ1v) is 11.2. The number of hydrogen-bond acceptors (Lipinski definition) is 5. The van der Waals surface area contributed by atoms with Gasteiger partial charge >= 0.3 is 5.97 Å². The molecule has 4 fully saturated rings. The highest BCUT2D eigenvalue weighted by Crippen LogP contribution is 2.61. The van der Waals surface area contributed by atoms with Crippen molar-refractivity contribution in [1.82, 2.24) is 9.78 Å². The van der Waals surface area contributed by atoms with Crippen LogP contribution in [0, 0.1) is 23.7 Å². The van der Waals surface area contributed by atoms with Crippen molar-refractivity contribution >= 4 is 23.3 Å². The summed E-state index contributed by atoms with van der Waals surface area (Å²) in [6.45, 7) is 0.421. The Morgan fingerprint density at radius 3 is 2.68 bits per heavy atom. The highest BCUT2D eigenvalue weighted by Gasteiger charge is 2.61. The number of rotatable bonds is 6. The normalized spacial score (nSPS) is 30.9. The van der Waals surface area contributed by atoms with Gasteiger partial charge in [-0.25, -0.2) is 4.68 Å². The Labute approximate surface area is 185 Å². The van der Waals surface area contributed by atoms with Crippen molar-refractivity contribution in [3.8, 4) is 5.75 Å². The van der Waals surface area contributed by atoms with Crippen LogP contribution in [0.25, 0.3) is 0 Å². The fraction of sp³-hybridized carbons (Fsp3) is 0.522. The number of ether oxygens (including phenoxy) is 1. The second kappa shape index (κ2) is 7.55. The van der Waals surface area contributed by atoms with E-state index in [0.717, 1.165) is 30.6 Å². The molecule has 4 aliphatic carbocycles. The monoisotopic (exact) mass is 443 g/mol. The van der Waals surface area contributed by atoms with Crippen molar-refractivity contribution < 1.29 is 14.6 Å². The molecule has 31 heavy (non-hydrogen) atoms. The van der Waals surface area contributed by atoms with Crippen molar-refractivity contribution in [2.75, 3.05) is 12.4 Å². The molecule has 4 bridgehead atoms. The van der Waals surface area contributed by atoms with Crippen molar-refractivity contribution in [2.45, 2.75) is 44.2 Å². The molecule has 1 aromatic heterocycles. The van der Waals surface area contributed by atoms with Gasteiger partial charge in [0.15, 0.2) is 0 Å². The number of aromatic nitrogens is 2. The summed E-state index contributed by atoms with van der Waals surface area (Å²) >= 11 is 6.49. The van der Waals surface area contributed by atoms with Gasteiger partial charge in [-0.2, -0.15) is 5.10 Å². The molecule has 0 saturated heterocycles. The fourth-order valence-electron chi connectivity index (χ4n) is 6.65. The Morgan fingerprint density at radius 2 is 2.00 bits per heavy atom. The lowest BCUT2D eigenvalue weighted by molar-refractivity contribution is -0.168. The molecular formula is C23H26ClN3O4. The number of halogens is 1. The SMILES string of the molecule is COc1ccccc1CNc1cnn(C23C[C@@H]4CC(C[C@H](C4)C2)[C@@H]3C(=O)O)c(=O)c1Cl. The highest BCUT2D eigenvalue weighted by atomic mass is 35.5. The van der Waals surface area contributed by atoms with Crippen LogP contribution in [0.1, 0.15) is 37.7 Å². The number of benzene rings is 1. The summed E-state index contributed by atoms with van der Waals surface area (Å²) in [6.07, 6.45) is 5.94. The van der Waals surface area contributed by atoms with Gasteiger partial charge in [0, 0.05) is 12.1 Å². The van der Waals surface area contributed by atoms with E-state index in [1.54, 1.807) is 13.3 Å². The molecule has 0 amide bonds. The van der Waals surface area contributed by atoms with E-state index in [4.69, 9.17) is 16.3 Å². The number of carboxylic acid groups (broad SMARTS) is 1. The quantitative estimate of drug-likeness (QED) is 0.706. The minimum absolute atomic E-state index is 0.0461. The maximum Gasteiger partial charge on any atom is 0.309 e. The molecule has 0 radical (unpaired) electrons. The van der Waals surface area contributed by atoms with Crippen molar-refractivity contribution in [2.24, 2.45) is 23.7 Å². The lowest BCUT2D eigenvalue weighted by Gasteiger charge is -2.59. The third-order valence-electron chi connectivity index (χ3n) is 7.54. The molecule has 3 atom stereocenters. The predicted molar refractivity (Wildman–Crippen MR) is 116 cm³/mol. The Hall–Kier alpha value is -2.54. The third kappa shape index (κ3) is 3.21. The van der Waals surface area contributed by atoms with Gasteiger partial charge < -0.3 is 15.2 Å². The molecule has 2 aromatic rings. The van der Waals surface area contributed by atoms with Crippen LogP contribution >= 0.6 is 11.6 Å². The van der Waals surface area contributed by atoms with E-state index in [1.165, 1.54) is 4.68 Å². The summed E-state index contributed by atoms with van der Waals surface area (Å²) < 4.78 is 6.78. The Bertz CT molecular complexity index is 1070. The predicted octanol–water partition coefficient (Wildman–Crippen LogP) is 3.75. The van der Waals surface area contributed by atoms with Crippen molar-refractivity contribution in [3.05, 3.63) is 51.4 Å². The fourth-order valence-corrected chi connectivity index (χ4v) is 6.84. The number of anilines is 1. The molecule has 0 spiro atoms. The standard InChI is InChI=1S/C23H26ClN3O4/c1-31-18-5-3-2-4-15(18)11-25-17-12-26-27(21(28)20(17)24)23-9-13-6-14(10-23)8-16(7-13)19(23)22(29)30/h2-5,12-14,16,19,25H,6-11H2,1H3,(H,29,30)/t13-,14-,16?,19+,23?/m0/s1. The topological polar surface area (TPSA) is 93.4 Å². The summed E-state index contributed by atoms with van der Waals surface area (Å²) in [7, 11) is 1.61. The summed E-state index contributed by atoms with van der Waals surface area (Å²) in [6, 6.07) is 7.61. The molecule has 164 valence electrons. The van der Waals surface area contributed by atoms with E-state index < -0.39 is 23.0 Å². The zero-order valence-corrected chi connectivity index (χ0v) is 18.1. The number of nitrogens with one attached hydrogen (secondary N) is 1. The molecule has 2 N–H and O–H groups in total. The number of hydrogen-bond donors (Lipinski definition) is 2. The molecule has 0 unspecified atom stereocenters. The molecule has 0 aliphatic heterocycles. The molecular weight excluding hydrogens is 418 g/mol. The largest absolute Gasteiger partial charge is 0.496 e. The molecule has 1 aromatic carbocycles. The summed E-state index contributed by atoms with van der Waals surface area (Å²) in [5, 5.41) is 17.7. The first-order valence-electron chi connectivity index (χ1n) is 10.8. The number of methoxy groups -OCH3 is 1. The average Bonchev–Trinajstić information content (AvgIpc) is 2.73. The van der Waals surface area contributed by atoms with E-state index in [-0.39, 0.29) is 10.9 Å². The molecule has 6 rings (SSSR count). The first kappa shape index (κ1) is 20.4. The molecule has 4 saturated carbocycles. The Balaban J connectivity index is 1.48. The molecule has 1 heterocycles. The van der Waals surface area contributed by atoms with Gasteiger partial charge in [-0.1, -0.05) is 29.8 Å². The van der Waals surface area contributed by atoms with Gasteiger partial charge in [0.05, 0.1) is 30.5 Å². The second-order valence-corrected chi connectivity index (χ2v) is 9.66. The Morgan fingerprint density at radius 1 is 1.29 bits per heavy atom. The maximum atomic E-state index is 13.3. The number of carbonyl (C=O) groups is 1. The highest BCUT2D eigenvalue weighted by molar-refractivity contribution is 6.32. The van der Waals surface area contributed by atoms with E-state index in [2.05, 4.69) is 10.4 Å². The summed E-state index contributed by atoms with van der Waals surface area (Å²) in [5.74, 6) is 0.360. The van der Waals surface area contributed by atoms with E-state index in [0.29, 0.717) is 36.9 Å². The Kier molecular flexibility index (Phi) is 4.96. The van der Waals surface area contributed by atoms with Gasteiger partial charge in [-0.15, -0.1) is 0 Å². The van der Waals surface area contributed by atoms with Gasteiger partial charge in [0.2, 0.25) is 0 Å². The van der Waals surface area contributed by atoms with E-state index in [9.17, 15) is 14.7 Å². The second-order valence-electron chi connectivity index (χ2n) is 9.28.